The Labute approximate surface area is 270 Å². The fourth-order valence-corrected chi connectivity index (χ4v) is 6.87. The molecule has 1 amide bonds. The molecular formula is C33H34ClFN6O3S. The monoisotopic (exact) mass is 648 g/mol. The lowest BCUT2D eigenvalue weighted by molar-refractivity contribution is 0.115. The predicted octanol–water partition coefficient (Wildman–Crippen LogP) is 6.35. The molecule has 2 aromatic carbocycles. The molecule has 0 aliphatic carbocycles. The van der Waals surface area contributed by atoms with Crippen molar-refractivity contribution >= 4 is 50.8 Å². The summed E-state index contributed by atoms with van der Waals surface area (Å²) in [5, 5.41) is 17.0. The van der Waals surface area contributed by atoms with Crippen molar-refractivity contribution in [3.63, 3.8) is 0 Å². The maximum atomic E-state index is 13.5. The molecule has 9 nitrogen and oxygen atoms in total. The van der Waals surface area contributed by atoms with Gasteiger partial charge in [0, 0.05) is 31.4 Å². The van der Waals surface area contributed by atoms with E-state index < -0.39 is 6.09 Å². The van der Waals surface area contributed by atoms with Crippen LogP contribution >= 0.6 is 22.9 Å². The number of hydrogen-bond donors (Lipinski definition) is 3. The zero-order valence-electron chi connectivity index (χ0n) is 24.6. The lowest BCUT2D eigenvalue weighted by Crippen LogP contribution is -2.45. The van der Waals surface area contributed by atoms with Crippen LogP contribution in [0.1, 0.15) is 36.1 Å². The smallest absolute Gasteiger partial charge is 0.407 e. The van der Waals surface area contributed by atoms with Crippen LogP contribution in [0.5, 0.6) is 5.75 Å². The van der Waals surface area contributed by atoms with Gasteiger partial charge in [0.1, 0.15) is 24.5 Å². The molecule has 2 fully saturated rings. The van der Waals surface area contributed by atoms with Crippen LogP contribution in [-0.4, -0.2) is 75.8 Å². The lowest BCUT2D eigenvalue weighted by atomic mass is 10.1. The summed E-state index contributed by atoms with van der Waals surface area (Å²) in [5.41, 5.74) is 2.21. The van der Waals surface area contributed by atoms with Crippen LogP contribution in [0.2, 0.25) is 5.02 Å². The van der Waals surface area contributed by atoms with Crippen LogP contribution in [-0.2, 0) is 6.61 Å². The van der Waals surface area contributed by atoms with E-state index in [0.29, 0.717) is 41.7 Å². The van der Waals surface area contributed by atoms with E-state index in [0.717, 1.165) is 40.4 Å². The number of benzene rings is 2. The number of ether oxygens (including phenoxy) is 1. The first kappa shape index (κ1) is 31.0. The van der Waals surface area contributed by atoms with Crippen molar-refractivity contribution in [1.29, 1.82) is 0 Å². The van der Waals surface area contributed by atoms with Gasteiger partial charge in [-0.05, 0) is 74.3 Å². The number of piperidine rings is 1. The van der Waals surface area contributed by atoms with Crippen molar-refractivity contribution in [3.8, 4) is 17.6 Å². The number of hydrogen-bond acceptors (Lipinski definition) is 8. The van der Waals surface area contributed by atoms with Crippen molar-refractivity contribution in [3.05, 3.63) is 76.1 Å². The second-order valence-electron chi connectivity index (χ2n) is 11.2. The molecule has 2 aromatic heterocycles. The van der Waals surface area contributed by atoms with E-state index >= 15 is 0 Å². The van der Waals surface area contributed by atoms with Gasteiger partial charge in [-0.25, -0.2) is 19.2 Å². The third kappa shape index (κ3) is 8.02. The van der Waals surface area contributed by atoms with E-state index in [-0.39, 0.29) is 24.5 Å². The second kappa shape index (κ2) is 14.4. The number of likely N-dealkylation sites (tertiary alicyclic amines) is 1. The second-order valence-corrected chi connectivity index (χ2v) is 12.7. The number of rotatable bonds is 9. The number of aromatic nitrogens is 2. The predicted molar refractivity (Wildman–Crippen MR) is 175 cm³/mol. The summed E-state index contributed by atoms with van der Waals surface area (Å²) in [6, 6.07) is 13.3. The highest BCUT2D eigenvalue weighted by atomic mass is 35.5. The Balaban J connectivity index is 1.08. The summed E-state index contributed by atoms with van der Waals surface area (Å²) in [6.07, 6.45) is 4.92. The summed E-state index contributed by atoms with van der Waals surface area (Å²) >= 11 is 7.98. The Morgan fingerprint density at radius 1 is 1.20 bits per heavy atom. The highest BCUT2D eigenvalue weighted by Crippen LogP contribution is 2.33. The Morgan fingerprint density at radius 3 is 2.87 bits per heavy atom. The van der Waals surface area contributed by atoms with Crippen LogP contribution in [0.15, 0.2) is 54.9 Å². The molecule has 0 unspecified atom stereocenters. The fourth-order valence-electron chi connectivity index (χ4n) is 5.71. The lowest BCUT2D eigenvalue weighted by Gasteiger charge is -2.31. The number of carbonyl (C=O) groups is 1. The number of anilines is 2. The Morgan fingerprint density at radius 2 is 2.07 bits per heavy atom. The topological polar surface area (TPSA) is 103 Å². The van der Waals surface area contributed by atoms with E-state index in [9.17, 15) is 14.3 Å². The molecule has 2 saturated heterocycles. The summed E-state index contributed by atoms with van der Waals surface area (Å²) in [7, 11) is 0. The Hall–Kier alpha value is -3.95. The molecule has 2 aliphatic heterocycles. The van der Waals surface area contributed by atoms with Gasteiger partial charge in [0.25, 0.3) is 0 Å². The maximum Gasteiger partial charge on any atom is 0.407 e. The van der Waals surface area contributed by atoms with Crippen LogP contribution in [0.3, 0.4) is 0 Å². The van der Waals surface area contributed by atoms with Crippen molar-refractivity contribution in [2.45, 2.75) is 44.4 Å². The molecule has 234 valence electrons. The number of fused-ring (bicyclic) bond motifs is 1. The molecule has 0 saturated carbocycles. The van der Waals surface area contributed by atoms with Gasteiger partial charge >= 0.3 is 6.09 Å². The minimum Gasteiger partial charge on any atom is -0.487 e. The van der Waals surface area contributed by atoms with Crippen LogP contribution in [0.25, 0.3) is 10.2 Å². The molecule has 6 rings (SSSR count). The molecule has 12 heteroatoms. The van der Waals surface area contributed by atoms with Gasteiger partial charge in [-0.3, -0.25) is 0 Å². The van der Waals surface area contributed by atoms with Crippen LogP contribution in [0.4, 0.5) is 20.7 Å². The molecule has 4 heterocycles. The SMILES string of the molecule is O=C(O)N(CCN1CCCCC1)[C@H]1CN[C@H](C#Cc2cc3ncnc(Nc4ccc(OCc5cccc(F)c5)c(Cl)c4)c3s2)C1. The van der Waals surface area contributed by atoms with Gasteiger partial charge in [0.05, 0.1) is 26.2 Å². The third-order valence-electron chi connectivity index (χ3n) is 8.06. The molecule has 0 bridgehead atoms. The van der Waals surface area contributed by atoms with Gasteiger partial charge < -0.3 is 30.3 Å². The molecule has 45 heavy (non-hydrogen) atoms. The Bertz CT molecular complexity index is 1720. The standard InChI is InChI=1S/C33H34ClFN6O3S/c34-28-17-25(8-10-30(28)44-20-22-5-4-6-23(35)15-22)39-32-31-29(37-21-38-32)18-27(45-31)9-7-24-16-26(19-36-24)41(33(42)43)14-13-40-11-2-1-3-12-40/h4-6,8,10,15,17-18,21,24,26,36H,1-3,11-14,16,19-20H2,(H,42,43)(H,37,38,39)/t24-,26-/m1/s1. The summed E-state index contributed by atoms with van der Waals surface area (Å²) in [5.74, 6) is 7.37. The normalized spacial score (nSPS) is 18.4. The zero-order valence-corrected chi connectivity index (χ0v) is 26.2. The van der Waals surface area contributed by atoms with Crippen molar-refractivity contribution < 1.29 is 19.0 Å². The quantitative estimate of drug-likeness (QED) is 0.180. The number of amides is 1. The molecule has 2 aliphatic rings. The molecule has 0 spiro atoms. The third-order valence-corrected chi connectivity index (χ3v) is 9.40. The number of carboxylic acid groups (broad SMARTS) is 1. The van der Waals surface area contributed by atoms with E-state index in [2.05, 4.69) is 37.3 Å². The highest BCUT2D eigenvalue weighted by Gasteiger charge is 2.31. The van der Waals surface area contributed by atoms with Crippen molar-refractivity contribution in [2.75, 3.05) is 38.0 Å². The van der Waals surface area contributed by atoms with Gasteiger partial charge in [0.2, 0.25) is 0 Å². The zero-order chi connectivity index (χ0) is 31.2. The Kier molecular flexibility index (Phi) is 9.96. The first-order valence-electron chi connectivity index (χ1n) is 15.1. The number of thiophene rings is 1. The van der Waals surface area contributed by atoms with E-state index in [4.69, 9.17) is 16.3 Å². The average molecular weight is 649 g/mol. The summed E-state index contributed by atoms with van der Waals surface area (Å²) < 4.78 is 20.1. The molecule has 4 aromatic rings. The fraction of sp³-hybridized carbons (Fsp3) is 0.364. The van der Waals surface area contributed by atoms with Gasteiger partial charge in [-0.2, -0.15) is 0 Å². The molecule has 2 atom stereocenters. The molecule has 0 radical (unpaired) electrons. The van der Waals surface area contributed by atoms with Crippen molar-refractivity contribution in [1.82, 2.24) is 25.1 Å². The maximum absolute atomic E-state index is 13.5. The summed E-state index contributed by atoms with van der Waals surface area (Å²) in [6.45, 7) is 4.19. The van der Waals surface area contributed by atoms with Crippen LogP contribution < -0.4 is 15.4 Å². The molecule has 3 N–H and O–H groups in total. The number of halogens is 2. The van der Waals surface area contributed by atoms with E-state index in [1.54, 1.807) is 29.2 Å². The minimum atomic E-state index is -0.872. The highest BCUT2D eigenvalue weighted by molar-refractivity contribution is 7.20. The van der Waals surface area contributed by atoms with Crippen LogP contribution in [0, 0.1) is 17.7 Å². The first-order valence-corrected chi connectivity index (χ1v) is 16.3. The van der Waals surface area contributed by atoms with Gasteiger partial charge in [0.15, 0.2) is 5.82 Å². The summed E-state index contributed by atoms with van der Waals surface area (Å²) in [4.78, 5) is 25.7. The largest absolute Gasteiger partial charge is 0.487 e. The van der Waals surface area contributed by atoms with Gasteiger partial charge in [-0.1, -0.05) is 42.0 Å². The number of nitrogens with one attached hydrogen (secondary N) is 2. The minimum absolute atomic E-state index is 0.0930. The first-order chi connectivity index (χ1) is 21.9. The average Bonchev–Trinajstić information content (AvgIpc) is 3.68. The number of nitrogens with zero attached hydrogens (tertiary/aromatic N) is 4. The van der Waals surface area contributed by atoms with E-state index in [1.165, 1.54) is 49.1 Å². The molecular weight excluding hydrogens is 615 g/mol. The van der Waals surface area contributed by atoms with Crippen molar-refractivity contribution in [2.24, 2.45) is 0 Å². The van der Waals surface area contributed by atoms with E-state index in [1.807, 2.05) is 12.1 Å². The van der Waals surface area contributed by atoms with Gasteiger partial charge in [-0.15, -0.1) is 11.3 Å².